The van der Waals surface area contributed by atoms with Crippen LogP contribution in [0.5, 0.6) is 5.75 Å². The number of alkyl halides is 2. The van der Waals surface area contributed by atoms with E-state index in [9.17, 15) is 18.4 Å². The zero-order valence-corrected chi connectivity index (χ0v) is 14.5. The number of halogens is 2. The number of hydrogen-bond acceptors (Lipinski definition) is 4. The monoisotopic (exact) mass is 386 g/mol. The lowest BCUT2D eigenvalue weighted by Gasteiger charge is -2.11. The lowest BCUT2D eigenvalue weighted by atomic mass is 10.1. The SMILES string of the molecule is O=C(Nc1ccc(CNC(=O)c2ccccc2OC(F)F)cc1)c1ccco1. The van der Waals surface area contributed by atoms with Crippen LogP contribution in [-0.2, 0) is 6.54 Å². The van der Waals surface area contributed by atoms with Gasteiger partial charge < -0.3 is 19.8 Å². The second-order valence-corrected chi connectivity index (χ2v) is 5.69. The average molecular weight is 386 g/mol. The van der Waals surface area contributed by atoms with E-state index in [1.54, 1.807) is 42.5 Å². The summed E-state index contributed by atoms with van der Waals surface area (Å²) in [6, 6.07) is 15.7. The number of carbonyl (C=O) groups is 2. The fourth-order valence-electron chi connectivity index (χ4n) is 2.44. The highest BCUT2D eigenvalue weighted by atomic mass is 19.3. The molecule has 0 aliphatic rings. The summed E-state index contributed by atoms with van der Waals surface area (Å²) < 4.78 is 34.3. The molecule has 144 valence electrons. The van der Waals surface area contributed by atoms with Crippen molar-refractivity contribution in [1.82, 2.24) is 5.32 Å². The molecule has 2 aromatic carbocycles. The first-order valence-corrected chi connectivity index (χ1v) is 8.29. The van der Waals surface area contributed by atoms with Crippen LogP contribution in [0, 0.1) is 0 Å². The van der Waals surface area contributed by atoms with E-state index >= 15 is 0 Å². The van der Waals surface area contributed by atoms with Gasteiger partial charge in [0.05, 0.1) is 11.8 Å². The number of hydrogen-bond donors (Lipinski definition) is 2. The van der Waals surface area contributed by atoms with Crippen molar-refractivity contribution in [3.63, 3.8) is 0 Å². The Morgan fingerprint density at radius 2 is 1.71 bits per heavy atom. The van der Waals surface area contributed by atoms with Gasteiger partial charge in [-0.25, -0.2) is 0 Å². The van der Waals surface area contributed by atoms with E-state index < -0.39 is 12.5 Å². The molecule has 0 spiro atoms. The highest BCUT2D eigenvalue weighted by Gasteiger charge is 2.15. The minimum atomic E-state index is -3.02. The van der Waals surface area contributed by atoms with E-state index in [0.717, 1.165) is 5.56 Å². The second kappa shape index (κ2) is 8.81. The van der Waals surface area contributed by atoms with Crippen LogP contribution in [0.3, 0.4) is 0 Å². The molecule has 0 bridgehead atoms. The van der Waals surface area contributed by atoms with E-state index in [1.807, 2.05) is 0 Å². The van der Waals surface area contributed by atoms with Crippen molar-refractivity contribution in [2.24, 2.45) is 0 Å². The van der Waals surface area contributed by atoms with Gasteiger partial charge >= 0.3 is 6.61 Å². The maximum Gasteiger partial charge on any atom is 0.387 e. The van der Waals surface area contributed by atoms with Gasteiger partial charge in [0.15, 0.2) is 5.76 Å². The Kier molecular flexibility index (Phi) is 6.01. The maximum atomic E-state index is 12.4. The number of para-hydroxylation sites is 1. The summed E-state index contributed by atoms with van der Waals surface area (Å²) in [5.41, 5.74) is 1.34. The first-order valence-electron chi connectivity index (χ1n) is 8.29. The summed E-state index contributed by atoms with van der Waals surface area (Å²) in [6.07, 6.45) is 1.41. The van der Waals surface area contributed by atoms with E-state index in [4.69, 9.17) is 4.42 Å². The van der Waals surface area contributed by atoms with Crippen molar-refractivity contribution in [2.45, 2.75) is 13.2 Å². The summed E-state index contributed by atoms with van der Waals surface area (Å²) in [5, 5.41) is 5.33. The third kappa shape index (κ3) is 4.94. The molecule has 8 heteroatoms. The van der Waals surface area contributed by atoms with Crippen molar-refractivity contribution < 1.29 is 27.5 Å². The van der Waals surface area contributed by atoms with E-state index in [1.165, 1.54) is 24.5 Å². The van der Waals surface area contributed by atoms with Crippen molar-refractivity contribution in [3.8, 4) is 5.75 Å². The lowest BCUT2D eigenvalue weighted by Crippen LogP contribution is -2.23. The summed E-state index contributed by atoms with van der Waals surface area (Å²) in [6.45, 7) is -2.84. The molecule has 6 nitrogen and oxygen atoms in total. The maximum absolute atomic E-state index is 12.4. The molecule has 2 amide bonds. The Hall–Kier alpha value is -3.68. The first kappa shape index (κ1) is 19.1. The molecule has 0 aliphatic heterocycles. The Morgan fingerprint density at radius 1 is 0.964 bits per heavy atom. The van der Waals surface area contributed by atoms with Crippen molar-refractivity contribution in [2.75, 3.05) is 5.32 Å². The minimum absolute atomic E-state index is 0.0186. The molecule has 28 heavy (non-hydrogen) atoms. The molecular formula is C20H16F2N2O4. The van der Waals surface area contributed by atoms with Crippen LogP contribution in [-0.4, -0.2) is 18.4 Å². The van der Waals surface area contributed by atoms with Gasteiger partial charge in [0, 0.05) is 12.2 Å². The Morgan fingerprint density at radius 3 is 2.39 bits per heavy atom. The lowest BCUT2D eigenvalue weighted by molar-refractivity contribution is -0.0501. The van der Waals surface area contributed by atoms with Gasteiger partial charge in [0.1, 0.15) is 5.75 Å². The molecule has 3 aromatic rings. The number of benzene rings is 2. The van der Waals surface area contributed by atoms with E-state index in [0.29, 0.717) is 5.69 Å². The van der Waals surface area contributed by atoms with E-state index in [-0.39, 0.29) is 29.5 Å². The number of ether oxygens (including phenoxy) is 1. The number of nitrogens with one attached hydrogen (secondary N) is 2. The molecular weight excluding hydrogens is 370 g/mol. The van der Waals surface area contributed by atoms with Crippen LogP contribution in [0.4, 0.5) is 14.5 Å². The second-order valence-electron chi connectivity index (χ2n) is 5.69. The molecule has 1 heterocycles. The van der Waals surface area contributed by atoms with Crippen molar-refractivity contribution >= 4 is 17.5 Å². The summed E-state index contributed by atoms with van der Waals surface area (Å²) in [4.78, 5) is 24.2. The van der Waals surface area contributed by atoms with Gasteiger partial charge in [-0.3, -0.25) is 9.59 Å². The summed E-state index contributed by atoms with van der Waals surface area (Å²) >= 11 is 0. The van der Waals surface area contributed by atoms with Crippen LogP contribution in [0.1, 0.15) is 26.5 Å². The molecule has 0 saturated heterocycles. The molecule has 0 atom stereocenters. The highest BCUT2D eigenvalue weighted by molar-refractivity contribution is 6.02. The highest BCUT2D eigenvalue weighted by Crippen LogP contribution is 2.20. The van der Waals surface area contributed by atoms with Crippen molar-refractivity contribution in [1.29, 1.82) is 0 Å². The molecule has 3 rings (SSSR count). The van der Waals surface area contributed by atoms with Crippen LogP contribution >= 0.6 is 0 Å². The van der Waals surface area contributed by atoms with Crippen molar-refractivity contribution in [3.05, 3.63) is 83.8 Å². The van der Waals surface area contributed by atoms with Gasteiger partial charge in [0.25, 0.3) is 11.8 Å². The fraction of sp³-hybridized carbons (Fsp3) is 0.100. The third-order valence-electron chi connectivity index (χ3n) is 3.76. The zero-order chi connectivity index (χ0) is 19.9. The van der Waals surface area contributed by atoms with Gasteiger partial charge in [-0.1, -0.05) is 24.3 Å². The Bertz CT molecular complexity index is 941. The van der Waals surface area contributed by atoms with Gasteiger partial charge in [-0.15, -0.1) is 0 Å². The molecule has 0 fully saturated rings. The van der Waals surface area contributed by atoms with Gasteiger partial charge in [-0.05, 0) is 42.0 Å². The number of furan rings is 1. The Balaban J connectivity index is 1.58. The molecule has 0 saturated carbocycles. The topological polar surface area (TPSA) is 80.6 Å². The molecule has 1 aromatic heterocycles. The minimum Gasteiger partial charge on any atom is -0.459 e. The predicted molar refractivity (Wildman–Crippen MR) is 97.3 cm³/mol. The van der Waals surface area contributed by atoms with Gasteiger partial charge in [-0.2, -0.15) is 8.78 Å². The summed E-state index contributed by atoms with van der Waals surface area (Å²) in [7, 11) is 0. The number of rotatable bonds is 7. The van der Waals surface area contributed by atoms with Crippen LogP contribution < -0.4 is 15.4 Å². The largest absolute Gasteiger partial charge is 0.459 e. The standard InChI is InChI=1S/C20H16F2N2O4/c21-20(22)28-16-5-2-1-4-15(16)18(25)23-12-13-7-9-14(10-8-13)24-19(26)17-6-3-11-27-17/h1-11,20H,12H2,(H,23,25)(H,24,26). The first-order chi connectivity index (χ1) is 13.5. The number of amides is 2. The molecule has 0 radical (unpaired) electrons. The zero-order valence-electron chi connectivity index (χ0n) is 14.5. The Labute approximate surface area is 159 Å². The predicted octanol–water partition coefficient (Wildman–Crippen LogP) is 4.06. The van der Waals surface area contributed by atoms with Gasteiger partial charge in [0.2, 0.25) is 0 Å². The molecule has 0 unspecified atom stereocenters. The summed E-state index contributed by atoms with van der Waals surface area (Å²) in [5.74, 6) is -0.903. The van der Waals surface area contributed by atoms with Crippen LogP contribution in [0.2, 0.25) is 0 Å². The molecule has 2 N–H and O–H groups in total. The quantitative estimate of drug-likeness (QED) is 0.642. The number of carbonyl (C=O) groups excluding carboxylic acids is 2. The van der Waals surface area contributed by atoms with E-state index in [2.05, 4.69) is 15.4 Å². The van der Waals surface area contributed by atoms with Crippen LogP contribution in [0.15, 0.2) is 71.3 Å². The average Bonchev–Trinajstić information content (AvgIpc) is 3.22. The normalized spacial score (nSPS) is 10.5. The molecule has 0 aliphatic carbocycles. The third-order valence-corrected chi connectivity index (χ3v) is 3.76. The smallest absolute Gasteiger partial charge is 0.387 e. The number of anilines is 1. The van der Waals surface area contributed by atoms with Crippen LogP contribution in [0.25, 0.3) is 0 Å². The fourth-order valence-corrected chi connectivity index (χ4v) is 2.44.